The van der Waals surface area contributed by atoms with Gasteiger partial charge in [-0.3, -0.25) is 14.6 Å². The highest BCUT2D eigenvalue weighted by Gasteiger charge is 2.17. The van der Waals surface area contributed by atoms with Crippen LogP contribution in [-0.2, 0) is 10.0 Å². The van der Waals surface area contributed by atoms with E-state index in [0.29, 0.717) is 16.9 Å². The van der Waals surface area contributed by atoms with Gasteiger partial charge < -0.3 is 0 Å². The number of H-pyrrole nitrogens is 1. The van der Waals surface area contributed by atoms with Gasteiger partial charge in [-0.25, -0.2) is 8.42 Å². The largest absolute Gasteiger partial charge is 0.291 e. The van der Waals surface area contributed by atoms with Crippen LogP contribution in [0.1, 0.15) is 0 Å². The monoisotopic (exact) mass is 435 g/mol. The minimum atomic E-state index is -3.86. The Bertz CT molecular complexity index is 1350. The average molecular weight is 436 g/mol. The second-order valence-corrected chi connectivity index (χ2v) is 8.23. The number of anilines is 1. The van der Waals surface area contributed by atoms with Crippen molar-refractivity contribution in [3.63, 3.8) is 0 Å². The van der Waals surface area contributed by atoms with Crippen LogP contribution in [-0.4, -0.2) is 28.4 Å². The van der Waals surface area contributed by atoms with Crippen LogP contribution in [0.2, 0.25) is 10.0 Å². The summed E-state index contributed by atoms with van der Waals surface area (Å²) in [5, 5.41) is 11.2. The second-order valence-electron chi connectivity index (χ2n) is 5.76. The Balaban J connectivity index is 1.67. The molecule has 0 atom stereocenters. The molecule has 0 bridgehead atoms. The number of halogens is 2. The Morgan fingerprint density at radius 2 is 1.79 bits per heavy atom. The van der Waals surface area contributed by atoms with Crippen LogP contribution in [0.15, 0.2) is 64.5 Å². The van der Waals surface area contributed by atoms with Crippen molar-refractivity contribution in [2.24, 2.45) is 0 Å². The fraction of sp³-hybridized carbons (Fsp3) is 0. The summed E-state index contributed by atoms with van der Waals surface area (Å²) in [5.41, 5.74) is 0.697. The molecule has 0 aliphatic carbocycles. The summed E-state index contributed by atoms with van der Waals surface area (Å²) in [6.45, 7) is 0. The molecule has 0 amide bonds. The van der Waals surface area contributed by atoms with E-state index in [9.17, 15) is 13.2 Å². The third-order valence-corrected chi connectivity index (χ3v) is 6.12. The first kappa shape index (κ1) is 18.5. The average Bonchev–Trinajstić information content (AvgIpc) is 3.16. The third-order valence-electron chi connectivity index (χ3n) is 3.99. The maximum Gasteiger partial charge on any atom is 0.291 e. The first-order valence-electron chi connectivity index (χ1n) is 7.85. The van der Waals surface area contributed by atoms with Crippen LogP contribution < -0.4 is 10.3 Å². The molecule has 2 aromatic carbocycles. The SMILES string of the molecule is O=c1c(Cl)c(Cl)cnn1-c1ccc(S(=O)(=O)Nc2cccc3cn[nH]c23)cc1. The molecule has 0 spiro atoms. The predicted molar refractivity (Wildman–Crippen MR) is 107 cm³/mol. The number of aromatic nitrogens is 4. The highest BCUT2D eigenvalue weighted by molar-refractivity contribution is 7.92. The molecule has 28 heavy (non-hydrogen) atoms. The molecule has 142 valence electrons. The lowest BCUT2D eigenvalue weighted by atomic mass is 10.2. The standard InChI is InChI=1S/C17H11Cl2N5O3S/c18-13-9-21-24(17(25)15(13)19)11-4-6-12(7-5-11)28(26,27)23-14-3-1-2-10-8-20-22-16(10)14/h1-9,23H,(H,20,22). The lowest BCUT2D eigenvalue weighted by Crippen LogP contribution is -2.21. The van der Waals surface area contributed by atoms with Gasteiger partial charge in [0.25, 0.3) is 15.6 Å². The maximum absolute atomic E-state index is 12.7. The van der Waals surface area contributed by atoms with Gasteiger partial charge in [0.1, 0.15) is 5.02 Å². The highest BCUT2D eigenvalue weighted by Crippen LogP contribution is 2.24. The number of fused-ring (bicyclic) bond motifs is 1. The van der Waals surface area contributed by atoms with Crippen LogP contribution in [0.25, 0.3) is 16.6 Å². The van der Waals surface area contributed by atoms with Crippen LogP contribution in [0.3, 0.4) is 0 Å². The van der Waals surface area contributed by atoms with Crippen molar-refractivity contribution in [3.8, 4) is 5.69 Å². The van der Waals surface area contributed by atoms with E-state index in [1.807, 2.05) is 6.07 Å². The number of aromatic amines is 1. The van der Waals surface area contributed by atoms with Gasteiger partial charge >= 0.3 is 0 Å². The Kier molecular flexibility index (Phi) is 4.58. The Labute approximate surface area is 168 Å². The van der Waals surface area contributed by atoms with E-state index in [1.54, 1.807) is 18.3 Å². The van der Waals surface area contributed by atoms with Gasteiger partial charge in [-0.2, -0.15) is 14.9 Å². The summed E-state index contributed by atoms with van der Waals surface area (Å²) in [6.07, 6.45) is 2.84. The maximum atomic E-state index is 12.7. The summed E-state index contributed by atoms with van der Waals surface area (Å²) >= 11 is 11.6. The zero-order chi connectivity index (χ0) is 19.9. The Morgan fingerprint density at radius 3 is 2.54 bits per heavy atom. The topological polar surface area (TPSA) is 110 Å². The van der Waals surface area contributed by atoms with Crippen LogP contribution in [0.4, 0.5) is 5.69 Å². The smallest absolute Gasteiger partial charge is 0.277 e. The molecule has 0 unspecified atom stereocenters. The number of para-hydroxylation sites is 1. The van der Waals surface area contributed by atoms with Crippen molar-refractivity contribution in [2.75, 3.05) is 4.72 Å². The normalized spacial score (nSPS) is 11.6. The summed E-state index contributed by atoms with van der Waals surface area (Å²) in [5.74, 6) is 0. The lowest BCUT2D eigenvalue weighted by molar-refractivity contribution is 0.601. The predicted octanol–water partition coefficient (Wildman–Crippen LogP) is 3.22. The molecule has 4 rings (SSSR count). The van der Waals surface area contributed by atoms with E-state index >= 15 is 0 Å². The molecule has 11 heteroatoms. The third kappa shape index (κ3) is 3.24. The van der Waals surface area contributed by atoms with E-state index in [1.165, 1.54) is 30.5 Å². The molecule has 0 radical (unpaired) electrons. The number of hydrogen-bond donors (Lipinski definition) is 2. The molecule has 2 heterocycles. The molecule has 0 aliphatic rings. The molecule has 2 aromatic heterocycles. The van der Waals surface area contributed by atoms with Crippen LogP contribution >= 0.6 is 23.2 Å². The van der Waals surface area contributed by atoms with Crippen molar-refractivity contribution in [3.05, 3.63) is 75.3 Å². The fourth-order valence-corrected chi connectivity index (χ4v) is 3.95. The zero-order valence-corrected chi connectivity index (χ0v) is 16.3. The molecular weight excluding hydrogens is 425 g/mol. The molecule has 8 nitrogen and oxygen atoms in total. The molecule has 0 fully saturated rings. The molecule has 0 saturated heterocycles. The highest BCUT2D eigenvalue weighted by atomic mass is 35.5. The van der Waals surface area contributed by atoms with Gasteiger partial charge in [-0.05, 0) is 30.3 Å². The summed E-state index contributed by atoms with van der Waals surface area (Å²) in [4.78, 5) is 12.2. The van der Waals surface area contributed by atoms with Gasteiger partial charge in [-0.15, -0.1) is 0 Å². The number of nitrogens with one attached hydrogen (secondary N) is 2. The molecule has 0 aliphatic heterocycles. The van der Waals surface area contributed by atoms with Crippen molar-refractivity contribution in [2.45, 2.75) is 4.90 Å². The lowest BCUT2D eigenvalue weighted by Gasteiger charge is -2.10. The second kappa shape index (κ2) is 6.93. The quantitative estimate of drug-likeness (QED) is 0.511. The molecule has 2 N–H and O–H groups in total. The summed E-state index contributed by atoms with van der Waals surface area (Å²) in [6, 6.07) is 10.8. The number of hydrogen-bond acceptors (Lipinski definition) is 5. The number of rotatable bonds is 4. The van der Waals surface area contributed by atoms with Gasteiger partial charge in [0, 0.05) is 5.39 Å². The van der Waals surface area contributed by atoms with E-state index in [-0.39, 0.29) is 14.9 Å². The zero-order valence-electron chi connectivity index (χ0n) is 13.9. The van der Waals surface area contributed by atoms with E-state index < -0.39 is 15.6 Å². The number of benzene rings is 2. The van der Waals surface area contributed by atoms with Crippen molar-refractivity contribution in [1.29, 1.82) is 0 Å². The summed E-state index contributed by atoms with van der Waals surface area (Å²) < 4.78 is 29.0. The van der Waals surface area contributed by atoms with Gasteiger partial charge in [0.05, 0.1) is 39.2 Å². The molecule has 4 aromatic rings. The van der Waals surface area contributed by atoms with E-state index in [2.05, 4.69) is 20.0 Å². The first-order valence-corrected chi connectivity index (χ1v) is 10.1. The van der Waals surface area contributed by atoms with Crippen LogP contribution in [0, 0.1) is 0 Å². The Morgan fingerprint density at radius 1 is 1.04 bits per heavy atom. The van der Waals surface area contributed by atoms with Crippen molar-refractivity contribution in [1.82, 2.24) is 20.0 Å². The van der Waals surface area contributed by atoms with E-state index in [0.717, 1.165) is 10.1 Å². The minimum Gasteiger partial charge on any atom is -0.277 e. The molecule has 0 saturated carbocycles. The van der Waals surface area contributed by atoms with Crippen molar-refractivity contribution >= 4 is 49.8 Å². The number of sulfonamides is 1. The van der Waals surface area contributed by atoms with E-state index in [4.69, 9.17) is 23.2 Å². The summed E-state index contributed by atoms with van der Waals surface area (Å²) in [7, 11) is -3.86. The Hall–Kier alpha value is -2.88. The fourth-order valence-electron chi connectivity index (χ4n) is 2.62. The minimum absolute atomic E-state index is 0.0147. The van der Waals surface area contributed by atoms with Gasteiger partial charge in [-0.1, -0.05) is 35.3 Å². The van der Waals surface area contributed by atoms with Gasteiger partial charge in [0.15, 0.2) is 0 Å². The molecular formula is C17H11Cl2N5O3S. The van der Waals surface area contributed by atoms with Gasteiger partial charge in [0.2, 0.25) is 0 Å². The van der Waals surface area contributed by atoms with Crippen LogP contribution in [0.5, 0.6) is 0 Å². The van der Waals surface area contributed by atoms with Crippen molar-refractivity contribution < 1.29 is 8.42 Å². The first-order chi connectivity index (χ1) is 13.4. The number of nitrogens with zero attached hydrogens (tertiary/aromatic N) is 3.